The molecule has 1 unspecified atom stereocenters. The number of nitrogens with one attached hydrogen (secondary N) is 2. The van der Waals surface area contributed by atoms with Gasteiger partial charge in [0, 0.05) is 11.5 Å². The van der Waals surface area contributed by atoms with Gasteiger partial charge in [-0.1, -0.05) is 69.3 Å². The minimum absolute atomic E-state index is 0.181. The van der Waals surface area contributed by atoms with Gasteiger partial charge >= 0.3 is 5.69 Å². The fourth-order valence-electron chi connectivity index (χ4n) is 3.31. The Bertz CT molecular complexity index is 1140. The molecule has 8 nitrogen and oxygen atoms in total. The summed E-state index contributed by atoms with van der Waals surface area (Å²) in [7, 11) is 0. The number of hydrogen-bond donors (Lipinski definition) is 2. The van der Waals surface area contributed by atoms with Crippen molar-refractivity contribution in [3.8, 4) is 22.5 Å². The molecule has 4 aromatic rings. The first-order chi connectivity index (χ1) is 14.0. The highest BCUT2D eigenvalue weighted by molar-refractivity contribution is 5.80. The Morgan fingerprint density at radius 2 is 1.69 bits per heavy atom. The molecule has 0 bridgehead atoms. The summed E-state index contributed by atoms with van der Waals surface area (Å²) in [6.45, 7) is 6.83. The molecule has 29 heavy (non-hydrogen) atoms. The average molecular weight is 389 g/mol. The quantitative estimate of drug-likeness (QED) is 0.527. The van der Waals surface area contributed by atoms with E-state index in [0.717, 1.165) is 28.1 Å². The summed E-state index contributed by atoms with van der Waals surface area (Å²) in [6, 6.07) is 16.1. The SMILES string of the molecule is CC(C)C(C)c1n[nH]c(=O)n1Cc1ccc(-c2ccccc2-c2nn[nH]n2)cc1. The molecule has 0 aliphatic heterocycles. The number of benzene rings is 2. The van der Waals surface area contributed by atoms with E-state index in [0.29, 0.717) is 18.3 Å². The average Bonchev–Trinajstić information content (AvgIpc) is 3.39. The van der Waals surface area contributed by atoms with Crippen LogP contribution in [-0.4, -0.2) is 35.4 Å². The smallest absolute Gasteiger partial charge is 0.274 e. The van der Waals surface area contributed by atoms with Gasteiger partial charge in [0.2, 0.25) is 5.82 Å². The number of aromatic nitrogens is 7. The molecule has 0 amide bonds. The van der Waals surface area contributed by atoms with Crippen molar-refractivity contribution in [2.45, 2.75) is 33.2 Å². The van der Waals surface area contributed by atoms with Gasteiger partial charge in [0.1, 0.15) is 5.82 Å². The zero-order chi connectivity index (χ0) is 20.4. The predicted octanol–water partition coefficient (Wildman–Crippen LogP) is 3.23. The summed E-state index contributed by atoms with van der Waals surface area (Å²) in [5.74, 6) is 1.93. The van der Waals surface area contributed by atoms with Crippen LogP contribution < -0.4 is 5.69 Å². The third kappa shape index (κ3) is 3.73. The number of rotatable bonds is 6. The molecule has 0 aliphatic carbocycles. The Hall–Kier alpha value is -3.55. The van der Waals surface area contributed by atoms with E-state index in [1.807, 2.05) is 48.5 Å². The maximum absolute atomic E-state index is 12.3. The summed E-state index contributed by atoms with van der Waals surface area (Å²) in [6.07, 6.45) is 0. The molecule has 0 spiro atoms. The lowest BCUT2D eigenvalue weighted by Crippen LogP contribution is -2.21. The van der Waals surface area contributed by atoms with E-state index in [-0.39, 0.29) is 11.6 Å². The van der Waals surface area contributed by atoms with Crippen LogP contribution in [0.3, 0.4) is 0 Å². The van der Waals surface area contributed by atoms with E-state index in [4.69, 9.17) is 0 Å². The van der Waals surface area contributed by atoms with Crippen molar-refractivity contribution < 1.29 is 0 Å². The third-order valence-electron chi connectivity index (χ3n) is 5.31. The molecule has 0 saturated heterocycles. The highest BCUT2D eigenvalue weighted by atomic mass is 16.1. The van der Waals surface area contributed by atoms with Crippen molar-refractivity contribution in [3.63, 3.8) is 0 Å². The van der Waals surface area contributed by atoms with Gasteiger partial charge in [-0.15, -0.1) is 10.2 Å². The minimum Gasteiger partial charge on any atom is -0.274 e. The van der Waals surface area contributed by atoms with Crippen LogP contribution >= 0.6 is 0 Å². The Labute approximate surface area is 168 Å². The monoisotopic (exact) mass is 389 g/mol. The topological polar surface area (TPSA) is 105 Å². The van der Waals surface area contributed by atoms with Crippen molar-refractivity contribution >= 4 is 0 Å². The Morgan fingerprint density at radius 1 is 0.966 bits per heavy atom. The van der Waals surface area contributed by atoms with Crippen molar-refractivity contribution in [2.24, 2.45) is 5.92 Å². The van der Waals surface area contributed by atoms with Gasteiger partial charge in [-0.05, 0) is 27.8 Å². The molecule has 0 fully saturated rings. The van der Waals surface area contributed by atoms with Crippen LogP contribution in [0.2, 0.25) is 0 Å². The highest BCUT2D eigenvalue weighted by Gasteiger charge is 2.18. The predicted molar refractivity (Wildman–Crippen MR) is 110 cm³/mol. The maximum atomic E-state index is 12.3. The Morgan fingerprint density at radius 3 is 2.34 bits per heavy atom. The van der Waals surface area contributed by atoms with Crippen molar-refractivity contribution in [1.29, 1.82) is 0 Å². The van der Waals surface area contributed by atoms with Gasteiger partial charge < -0.3 is 0 Å². The lowest BCUT2D eigenvalue weighted by Gasteiger charge is -2.16. The normalized spacial score (nSPS) is 12.4. The summed E-state index contributed by atoms with van der Waals surface area (Å²) < 4.78 is 1.72. The summed E-state index contributed by atoms with van der Waals surface area (Å²) in [4.78, 5) is 12.3. The van der Waals surface area contributed by atoms with Gasteiger partial charge in [0.25, 0.3) is 0 Å². The third-order valence-corrected chi connectivity index (χ3v) is 5.31. The van der Waals surface area contributed by atoms with Crippen LogP contribution in [0.25, 0.3) is 22.5 Å². The second kappa shape index (κ2) is 7.83. The zero-order valence-electron chi connectivity index (χ0n) is 16.6. The van der Waals surface area contributed by atoms with E-state index < -0.39 is 0 Å². The van der Waals surface area contributed by atoms with Crippen molar-refractivity contribution in [3.05, 3.63) is 70.4 Å². The van der Waals surface area contributed by atoms with Gasteiger partial charge in [-0.25, -0.2) is 9.89 Å². The summed E-state index contributed by atoms with van der Waals surface area (Å²) >= 11 is 0. The van der Waals surface area contributed by atoms with Crippen LogP contribution in [0.1, 0.15) is 38.1 Å². The number of aromatic amines is 2. The van der Waals surface area contributed by atoms with Crippen LogP contribution in [0.4, 0.5) is 0 Å². The van der Waals surface area contributed by atoms with E-state index in [1.54, 1.807) is 4.57 Å². The van der Waals surface area contributed by atoms with Gasteiger partial charge in [-0.3, -0.25) is 4.57 Å². The summed E-state index contributed by atoms with van der Waals surface area (Å²) in [5.41, 5.74) is 3.83. The lowest BCUT2D eigenvalue weighted by molar-refractivity contribution is 0.487. The largest absolute Gasteiger partial charge is 0.343 e. The van der Waals surface area contributed by atoms with E-state index >= 15 is 0 Å². The van der Waals surface area contributed by atoms with Crippen molar-refractivity contribution in [2.75, 3.05) is 0 Å². The van der Waals surface area contributed by atoms with Crippen LogP contribution in [0.15, 0.2) is 53.3 Å². The maximum Gasteiger partial charge on any atom is 0.343 e. The molecule has 1 atom stereocenters. The second-order valence-electron chi connectivity index (χ2n) is 7.48. The first-order valence-corrected chi connectivity index (χ1v) is 9.62. The molecular weight excluding hydrogens is 366 g/mol. The molecule has 2 aromatic heterocycles. The minimum atomic E-state index is -0.181. The van der Waals surface area contributed by atoms with E-state index in [9.17, 15) is 4.79 Å². The van der Waals surface area contributed by atoms with Crippen LogP contribution in [0, 0.1) is 5.92 Å². The van der Waals surface area contributed by atoms with Crippen LogP contribution in [-0.2, 0) is 6.54 Å². The van der Waals surface area contributed by atoms with E-state index in [2.05, 4.69) is 51.6 Å². The molecule has 8 heteroatoms. The van der Waals surface area contributed by atoms with Gasteiger partial charge in [0.05, 0.1) is 6.54 Å². The fourth-order valence-corrected chi connectivity index (χ4v) is 3.31. The van der Waals surface area contributed by atoms with E-state index in [1.165, 1.54) is 0 Å². The first kappa shape index (κ1) is 18.8. The van der Waals surface area contributed by atoms with Crippen molar-refractivity contribution in [1.82, 2.24) is 35.4 Å². The number of H-pyrrole nitrogens is 2. The lowest BCUT2D eigenvalue weighted by atomic mass is 9.97. The zero-order valence-corrected chi connectivity index (χ0v) is 16.6. The Kier molecular flexibility index (Phi) is 5.07. The molecule has 2 aromatic carbocycles. The number of tetrazole rings is 1. The van der Waals surface area contributed by atoms with Gasteiger partial charge in [0.15, 0.2) is 0 Å². The molecule has 2 heterocycles. The molecule has 4 rings (SSSR count). The fraction of sp³-hybridized carbons (Fsp3) is 0.286. The Balaban J connectivity index is 1.63. The molecule has 148 valence electrons. The highest BCUT2D eigenvalue weighted by Crippen LogP contribution is 2.30. The molecule has 0 radical (unpaired) electrons. The number of nitrogens with zero attached hydrogens (tertiary/aromatic N) is 5. The second-order valence-corrected chi connectivity index (χ2v) is 7.48. The molecule has 0 saturated carbocycles. The van der Waals surface area contributed by atoms with Crippen LogP contribution in [0.5, 0.6) is 0 Å². The first-order valence-electron chi connectivity index (χ1n) is 9.62. The van der Waals surface area contributed by atoms with Gasteiger partial charge in [-0.2, -0.15) is 10.3 Å². The molecular formula is C21H23N7O. The number of hydrogen-bond acceptors (Lipinski definition) is 5. The summed E-state index contributed by atoms with van der Waals surface area (Å²) in [5, 5.41) is 21.2. The standard InChI is InChI=1S/C21H23N7O/c1-13(2)14(3)20-24-25-21(29)28(20)12-15-8-10-16(11-9-15)17-6-4-5-7-18(17)19-22-26-27-23-19/h4-11,13-14H,12H2,1-3H3,(H,25,29)(H,22,23,26,27). The molecule has 2 N–H and O–H groups in total. The molecule has 0 aliphatic rings.